The van der Waals surface area contributed by atoms with E-state index in [0.717, 1.165) is 12.8 Å². The van der Waals surface area contributed by atoms with E-state index in [9.17, 15) is 9.18 Å². The fourth-order valence-electron chi connectivity index (χ4n) is 2.54. The molecular weight excluding hydrogens is 341 g/mol. The van der Waals surface area contributed by atoms with Gasteiger partial charge in [0.15, 0.2) is 0 Å². The van der Waals surface area contributed by atoms with Gasteiger partial charge in [-0.15, -0.1) is 10.2 Å². The van der Waals surface area contributed by atoms with Crippen LogP contribution in [0.3, 0.4) is 0 Å². The monoisotopic (exact) mass is 355 g/mol. The Morgan fingerprint density at radius 2 is 2.22 bits per heavy atom. The van der Waals surface area contributed by atoms with Gasteiger partial charge in [0.05, 0.1) is 6.42 Å². The maximum atomic E-state index is 13.8. The van der Waals surface area contributed by atoms with Crippen LogP contribution in [0.5, 0.6) is 5.19 Å². The molecule has 0 aliphatic carbocycles. The highest BCUT2D eigenvalue weighted by Gasteiger charge is 2.25. The third-order valence-electron chi connectivity index (χ3n) is 3.79. The zero-order valence-electron chi connectivity index (χ0n) is 12.2. The molecule has 0 spiro atoms. The number of amides is 1. The topological polar surface area (TPSA) is 55.3 Å². The van der Waals surface area contributed by atoms with E-state index >= 15 is 0 Å². The molecule has 1 fully saturated rings. The Morgan fingerprint density at radius 1 is 1.43 bits per heavy atom. The van der Waals surface area contributed by atoms with E-state index in [1.807, 2.05) is 0 Å². The molecule has 8 heteroatoms. The lowest BCUT2D eigenvalue weighted by Crippen LogP contribution is -2.42. The molecule has 1 aliphatic rings. The van der Waals surface area contributed by atoms with Crippen LogP contribution in [0.15, 0.2) is 23.7 Å². The van der Waals surface area contributed by atoms with Gasteiger partial charge in [0.25, 0.3) is 5.19 Å². The largest absolute Gasteiger partial charge is 0.465 e. The van der Waals surface area contributed by atoms with Crippen LogP contribution in [0.2, 0.25) is 5.02 Å². The Morgan fingerprint density at radius 3 is 2.87 bits per heavy atom. The summed E-state index contributed by atoms with van der Waals surface area (Å²) in [5, 5.41) is 8.41. The fraction of sp³-hybridized carbons (Fsp3) is 0.400. The Balaban J connectivity index is 1.54. The first-order valence-electron chi connectivity index (χ1n) is 7.27. The van der Waals surface area contributed by atoms with Crippen LogP contribution in [0.1, 0.15) is 18.4 Å². The summed E-state index contributed by atoms with van der Waals surface area (Å²) >= 11 is 7.32. The van der Waals surface area contributed by atoms with Crippen LogP contribution in [-0.4, -0.2) is 40.2 Å². The number of hydrogen-bond acceptors (Lipinski definition) is 5. The van der Waals surface area contributed by atoms with Gasteiger partial charge >= 0.3 is 0 Å². The van der Waals surface area contributed by atoms with E-state index in [1.165, 1.54) is 23.5 Å². The number of nitrogens with zero attached hydrogens (tertiary/aromatic N) is 3. The molecule has 23 heavy (non-hydrogen) atoms. The first kappa shape index (κ1) is 16.1. The van der Waals surface area contributed by atoms with Crippen molar-refractivity contribution >= 4 is 28.8 Å². The third-order valence-corrected chi connectivity index (χ3v) is 4.73. The molecule has 1 amide bonds. The van der Waals surface area contributed by atoms with Gasteiger partial charge in [0.1, 0.15) is 17.4 Å². The standard InChI is InChI=1S/C15H15ClFN3O2S/c16-12-2-1-3-13(17)11(12)8-14(21)20-6-4-10(5-7-20)22-15-19-18-9-23-15/h1-3,9-10H,4-8H2. The zero-order chi connectivity index (χ0) is 16.2. The molecule has 1 aromatic carbocycles. The van der Waals surface area contributed by atoms with Gasteiger partial charge in [0.2, 0.25) is 5.91 Å². The second-order valence-electron chi connectivity index (χ2n) is 5.28. The molecule has 0 unspecified atom stereocenters. The van der Waals surface area contributed by atoms with Crippen molar-refractivity contribution in [2.75, 3.05) is 13.1 Å². The Hall–Kier alpha value is -1.73. The predicted molar refractivity (Wildman–Crippen MR) is 85.3 cm³/mol. The Labute approximate surface area is 142 Å². The van der Waals surface area contributed by atoms with Gasteiger partial charge in [-0.25, -0.2) is 4.39 Å². The Bertz CT molecular complexity index is 655. The molecule has 0 radical (unpaired) electrons. The van der Waals surface area contributed by atoms with Crippen LogP contribution < -0.4 is 4.74 Å². The van der Waals surface area contributed by atoms with Crippen molar-refractivity contribution in [3.63, 3.8) is 0 Å². The number of carbonyl (C=O) groups is 1. The lowest BCUT2D eigenvalue weighted by molar-refractivity contribution is -0.132. The van der Waals surface area contributed by atoms with E-state index < -0.39 is 5.82 Å². The summed E-state index contributed by atoms with van der Waals surface area (Å²) in [5.74, 6) is -0.563. The van der Waals surface area contributed by atoms with E-state index in [2.05, 4.69) is 10.2 Å². The van der Waals surface area contributed by atoms with Crippen LogP contribution in [0.4, 0.5) is 4.39 Å². The maximum absolute atomic E-state index is 13.8. The van der Waals surface area contributed by atoms with Crippen LogP contribution in [0.25, 0.3) is 0 Å². The third kappa shape index (κ3) is 3.97. The van der Waals surface area contributed by atoms with E-state index in [4.69, 9.17) is 16.3 Å². The molecular formula is C15H15ClFN3O2S. The van der Waals surface area contributed by atoms with Crippen molar-refractivity contribution in [1.82, 2.24) is 15.1 Å². The summed E-state index contributed by atoms with van der Waals surface area (Å²) in [7, 11) is 0. The molecule has 0 bridgehead atoms. The number of benzene rings is 1. The number of rotatable bonds is 4. The summed E-state index contributed by atoms with van der Waals surface area (Å²) in [5.41, 5.74) is 1.87. The molecule has 1 saturated heterocycles. The average molecular weight is 356 g/mol. The zero-order valence-corrected chi connectivity index (χ0v) is 13.8. The van der Waals surface area contributed by atoms with E-state index in [1.54, 1.807) is 16.5 Å². The quantitative estimate of drug-likeness (QED) is 0.846. The predicted octanol–water partition coefficient (Wildman–Crippen LogP) is 2.94. The molecule has 2 heterocycles. The van der Waals surface area contributed by atoms with Gasteiger partial charge in [-0.3, -0.25) is 4.79 Å². The highest BCUT2D eigenvalue weighted by atomic mass is 35.5. The molecule has 3 rings (SSSR count). The molecule has 1 aromatic heterocycles. The molecule has 0 atom stereocenters. The lowest BCUT2D eigenvalue weighted by atomic mass is 10.1. The number of aromatic nitrogens is 2. The average Bonchev–Trinajstić information content (AvgIpc) is 3.04. The maximum Gasteiger partial charge on any atom is 0.294 e. The molecule has 2 aromatic rings. The Kier molecular flexibility index (Phi) is 5.07. The number of ether oxygens (including phenoxy) is 1. The first-order chi connectivity index (χ1) is 11.1. The highest BCUT2D eigenvalue weighted by molar-refractivity contribution is 7.11. The summed E-state index contributed by atoms with van der Waals surface area (Å²) in [6.07, 6.45) is 1.45. The van der Waals surface area contributed by atoms with E-state index in [-0.39, 0.29) is 29.0 Å². The van der Waals surface area contributed by atoms with Crippen molar-refractivity contribution < 1.29 is 13.9 Å². The normalized spacial score (nSPS) is 15.7. The molecule has 122 valence electrons. The highest BCUT2D eigenvalue weighted by Crippen LogP contribution is 2.23. The number of likely N-dealkylation sites (tertiary alicyclic amines) is 1. The van der Waals surface area contributed by atoms with Crippen LogP contribution in [0, 0.1) is 5.82 Å². The van der Waals surface area contributed by atoms with Gasteiger partial charge < -0.3 is 9.64 Å². The van der Waals surface area contributed by atoms with Crippen molar-refractivity contribution in [2.24, 2.45) is 0 Å². The van der Waals surface area contributed by atoms with Crippen LogP contribution in [-0.2, 0) is 11.2 Å². The van der Waals surface area contributed by atoms with Gasteiger partial charge in [-0.05, 0) is 12.1 Å². The van der Waals surface area contributed by atoms with Crippen molar-refractivity contribution in [1.29, 1.82) is 0 Å². The fourth-order valence-corrected chi connectivity index (χ4v) is 3.24. The smallest absolute Gasteiger partial charge is 0.294 e. The molecule has 0 N–H and O–H groups in total. The number of halogens is 2. The van der Waals surface area contributed by atoms with Gasteiger partial charge in [0, 0.05) is 36.5 Å². The van der Waals surface area contributed by atoms with E-state index in [0.29, 0.717) is 18.3 Å². The molecule has 5 nitrogen and oxygen atoms in total. The summed E-state index contributed by atoms with van der Waals surface area (Å²) in [4.78, 5) is 14.1. The summed E-state index contributed by atoms with van der Waals surface area (Å²) in [6, 6.07) is 4.44. The van der Waals surface area contributed by atoms with Crippen LogP contribution >= 0.6 is 22.9 Å². The molecule has 0 saturated carbocycles. The number of carbonyl (C=O) groups excluding carboxylic acids is 1. The second kappa shape index (κ2) is 7.23. The van der Waals surface area contributed by atoms with Crippen molar-refractivity contribution in [3.05, 3.63) is 40.1 Å². The van der Waals surface area contributed by atoms with Crippen molar-refractivity contribution in [2.45, 2.75) is 25.4 Å². The van der Waals surface area contributed by atoms with Gasteiger partial charge in [-0.1, -0.05) is 29.0 Å². The van der Waals surface area contributed by atoms with Gasteiger partial charge in [-0.2, -0.15) is 0 Å². The summed E-state index contributed by atoms with van der Waals surface area (Å²) in [6.45, 7) is 1.16. The lowest BCUT2D eigenvalue weighted by Gasteiger charge is -2.31. The molecule has 1 aliphatic heterocycles. The summed E-state index contributed by atoms with van der Waals surface area (Å²) < 4.78 is 19.5. The number of piperidine rings is 1. The van der Waals surface area contributed by atoms with Crippen molar-refractivity contribution in [3.8, 4) is 5.19 Å². The SMILES string of the molecule is O=C(Cc1c(F)cccc1Cl)N1CCC(Oc2nncs2)CC1. The number of hydrogen-bond donors (Lipinski definition) is 0. The minimum absolute atomic E-state index is 0.0204. The minimum atomic E-state index is -0.444. The second-order valence-corrected chi connectivity index (χ2v) is 6.48. The first-order valence-corrected chi connectivity index (χ1v) is 8.52. The minimum Gasteiger partial charge on any atom is -0.465 e.